The molecule has 0 spiro atoms. The highest BCUT2D eigenvalue weighted by Gasteiger charge is 2.32. The largest absolute Gasteiger partial charge is 0.388 e. The zero-order valence-corrected chi connectivity index (χ0v) is 11.8. The first-order valence-corrected chi connectivity index (χ1v) is 6.63. The van der Waals surface area contributed by atoms with E-state index in [1.54, 1.807) is 6.92 Å². The summed E-state index contributed by atoms with van der Waals surface area (Å²) >= 11 is 5.95. The van der Waals surface area contributed by atoms with Crippen molar-refractivity contribution >= 4 is 23.2 Å². The van der Waals surface area contributed by atoms with E-state index in [9.17, 15) is 20.0 Å². The number of hydrogen-bond acceptors (Lipinski definition) is 4. The molecule has 1 aromatic rings. The molecule has 0 aromatic heterocycles. The third kappa shape index (κ3) is 3.08. The standard InChI is InChI=1S/C13H15ClN2O4/c1-13(18)5-2-6-15(8-13)12(17)10-7-9(16(19)20)3-4-11(10)14/h3-4,7,18H,2,5-6,8H2,1H3. The SMILES string of the molecule is CC1(O)CCCN(C(=O)c2cc([N+](=O)[O-])ccc2Cl)C1. The third-order valence-electron chi connectivity index (χ3n) is 3.35. The summed E-state index contributed by atoms with van der Waals surface area (Å²) in [6, 6.07) is 3.77. The van der Waals surface area contributed by atoms with Gasteiger partial charge in [-0.3, -0.25) is 14.9 Å². The van der Waals surface area contributed by atoms with Crippen LogP contribution in [0.2, 0.25) is 5.02 Å². The molecule has 1 N–H and O–H groups in total. The van der Waals surface area contributed by atoms with Crippen LogP contribution >= 0.6 is 11.6 Å². The number of nitro benzene ring substituents is 1. The van der Waals surface area contributed by atoms with E-state index in [4.69, 9.17) is 11.6 Å². The molecule has 1 atom stereocenters. The van der Waals surface area contributed by atoms with E-state index in [1.807, 2.05) is 0 Å². The molecule has 0 radical (unpaired) electrons. The van der Waals surface area contributed by atoms with E-state index in [1.165, 1.54) is 23.1 Å². The zero-order chi connectivity index (χ0) is 14.9. The van der Waals surface area contributed by atoms with Crippen molar-refractivity contribution in [1.29, 1.82) is 0 Å². The van der Waals surface area contributed by atoms with Gasteiger partial charge in [0.25, 0.3) is 11.6 Å². The number of halogens is 1. The third-order valence-corrected chi connectivity index (χ3v) is 3.68. The van der Waals surface area contributed by atoms with Gasteiger partial charge in [-0.1, -0.05) is 11.6 Å². The number of rotatable bonds is 2. The van der Waals surface area contributed by atoms with Gasteiger partial charge in [0.05, 0.1) is 21.1 Å². The number of benzene rings is 1. The number of carbonyl (C=O) groups excluding carboxylic acids is 1. The number of hydrogen-bond donors (Lipinski definition) is 1. The predicted octanol–water partition coefficient (Wildman–Crippen LogP) is 2.24. The average molecular weight is 299 g/mol. The normalized spacial score (nSPS) is 22.6. The van der Waals surface area contributed by atoms with E-state index in [0.717, 1.165) is 0 Å². The van der Waals surface area contributed by atoms with Crippen LogP contribution in [0.5, 0.6) is 0 Å². The van der Waals surface area contributed by atoms with Gasteiger partial charge in [-0.25, -0.2) is 0 Å². The van der Waals surface area contributed by atoms with Crippen molar-refractivity contribution in [2.24, 2.45) is 0 Å². The van der Waals surface area contributed by atoms with Gasteiger partial charge in [0.1, 0.15) is 0 Å². The molecule has 20 heavy (non-hydrogen) atoms. The van der Waals surface area contributed by atoms with Gasteiger partial charge < -0.3 is 10.0 Å². The van der Waals surface area contributed by atoms with Crippen LogP contribution in [0, 0.1) is 10.1 Å². The molecule has 6 nitrogen and oxygen atoms in total. The lowest BCUT2D eigenvalue weighted by molar-refractivity contribution is -0.384. The number of non-ortho nitro benzene ring substituents is 1. The first-order valence-electron chi connectivity index (χ1n) is 6.26. The highest BCUT2D eigenvalue weighted by atomic mass is 35.5. The van der Waals surface area contributed by atoms with Gasteiger partial charge in [-0.05, 0) is 25.8 Å². The van der Waals surface area contributed by atoms with Gasteiger partial charge in [-0.15, -0.1) is 0 Å². The molecule has 0 aliphatic carbocycles. The molecule has 1 unspecified atom stereocenters. The van der Waals surface area contributed by atoms with E-state index >= 15 is 0 Å². The molecule has 1 fully saturated rings. The van der Waals surface area contributed by atoms with Crippen LogP contribution in [-0.2, 0) is 0 Å². The lowest BCUT2D eigenvalue weighted by atomic mass is 9.94. The fourth-order valence-electron chi connectivity index (χ4n) is 2.35. The molecule has 0 bridgehead atoms. The summed E-state index contributed by atoms with van der Waals surface area (Å²) in [5.41, 5.74) is -1.01. The second-order valence-corrected chi connectivity index (χ2v) is 5.66. The second kappa shape index (κ2) is 5.38. The Kier molecular flexibility index (Phi) is 3.96. The molecule has 2 rings (SSSR count). The van der Waals surface area contributed by atoms with Crippen LogP contribution in [0.15, 0.2) is 18.2 Å². The fraction of sp³-hybridized carbons (Fsp3) is 0.462. The second-order valence-electron chi connectivity index (χ2n) is 5.25. The van der Waals surface area contributed by atoms with Crippen LogP contribution in [0.3, 0.4) is 0 Å². The molecule has 108 valence electrons. The van der Waals surface area contributed by atoms with E-state index in [-0.39, 0.29) is 22.8 Å². The summed E-state index contributed by atoms with van der Waals surface area (Å²) in [4.78, 5) is 24.1. The van der Waals surface area contributed by atoms with Crippen molar-refractivity contribution in [1.82, 2.24) is 4.90 Å². The highest BCUT2D eigenvalue weighted by Crippen LogP contribution is 2.26. The quantitative estimate of drug-likeness (QED) is 0.670. The van der Waals surface area contributed by atoms with Gasteiger partial charge in [0, 0.05) is 25.2 Å². The predicted molar refractivity (Wildman–Crippen MR) is 73.9 cm³/mol. The van der Waals surface area contributed by atoms with Crippen molar-refractivity contribution in [2.75, 3.05) is 13.1 Å². The van der Waals surface area contributed by atoms with E-state index < -0.39 is 16.4 Å². The highest BCUT2D eigenvalue weighted by molar-refractivity contribution is 6.33. The Morgan fingerprint density at radius 3 is 2.85 bits per heavy atom. The molecule has 1 aromatic carbocycles. The van der Waals surface area contributed by atoms with Crippen LogP contribution in [0.1, 0.15) is 30.1 Å². The molecule has 1 amide bonds. The van der Waals surface area contributed by atoms with Gasteiger partial charge in [-0.2, -0.15) is 0 Å². The maximum atomic E-state index is 12.4. The number of nitro groups is 1. The monoisotopic (exact) mass is 298 g/mol. The van der Waals surface area contributed by atoms with Crippen molar-refractivity contribution < 1.29 is 14.8 Å². The lowest BCUT2D eigenvalue weighted by Crippen LogP contribution is -2.48. The van der Waals surface area contributed by atoms with E-state index in [0.29, 0.717) is 19.4 Å². The molecule has 1 aliphatic heterocycles. The average Bonchev–Trinajstić information content (AvgIpc) is 2.37. The maximum absolute atomic E-state index is 12.4. The summed E-state index contributed by atoms with van der Waals surface area (Å²) < 4.78 is 0. The summed E-state index contributed by atoms with van der Waals surface area (Å²) in [7, 11) is 0. The molecule has 1 heterocycles. The van der Waals surface area contributed by atoms with Crippen LogP contribution in [-0.4, -0.2) is 39.5 Å². The number of nitrogens with zero attached hydrogens (tertiary/aromatic N) is 2. The van der Waals surface area contributed by atoms with Gasteiger partial charge in [0.15, 0.2) is 0 Å². The minimum Gasteiger partial charge on any atom is -0.388 e. The molecular formula is C13H15ClN2O4. The number of amides is 1. The first kappa shape index (κ1) is 14.7. The van der Waals surface area contributed by atoms with Crippen LogP contribution in [0.25, 0.3) is 0 Å². The van der Waals surface area contributed by atoms with Gasteiger partial charge in [0.2, 0.25) is 0 Å². The summed E-state index contributed by atoms with van der Waals surface area (Å²) in [5, 5.41) is 21.0. The molecule has 7 heteroatoms. The Bertz CT molecular complexity index is 559. The molecule has 1 aliphatic rings. The lowest BCUT2D eigenvalue weighted by Gasteiger charge is -2.36. The van der Waals surface area contributed by atoms with Crippen LogP contribution in [0.4, 0.5) is 5.69 Å². The minimum absolute atomic E-state index is 0.0959. The Labute approximate surface area is 121 Å². The number of piperidine rings is 1. The Balaban J connectivity index is 2.29. The van der Waals surface area contributed by atoms with E-state index in [2.05, 4.69) is 0 Å². The minimum atomic E-state index is -0.929. The Morgan fingerprint density at radius 2 is 2.25 bits per heavy atom. The van der Waals surface area contributed by atoms with Crippen molar-refractivity contribution in [3.8, 4) is 0 Å². The number of carbonyl (C=O) groups is 1. The number of β-amino-alcohol motifs (C(OH)–C–C–N with tert-alkyl or cyclic N) is 1. The van der Waals surface area contributed by atoms with Crippen molar-refractivity contribution in [3.63, 3.8) is 0 Å². The fourth-order valence-corrected chi connectivity index (χ4v) is 2.55. The number of aliphatic hydroxyl groups is 1. The van der Waals surface area contributed by atoms with Gasteiger partial charge >= 0.3 is 0 Å². The smallest absolute Gasteiger partial charge is 0.270 e. The first-order chi connectivity index (χ1) is 9.30. The summed E-state index contributed by atoms with van der Waals surface area (Å²) in [5.74, 6) is -0.390. The van der Waals surface area contributed by atoms with Crippen molar-refractivity contribution in [2.45, 2.75) is 25.4 Å². The molecular weight excluding hydrogens is 284 g/mol. The van der Waals surface area contributed by atoms with Crippen LogP contribution < -0.4 is 0 Å². The van der Waals surface area contributed by atoms with Crippen molar-refractivity contribution in [3.05, 3.63) is 38.9 Å². The maximum Gasteiger partial charge on any atom is 0.270 e. The number of likely N-dealkylation sites (tertiary alicyclic amines) is 1. The molecule has 1 saturated heterocycles. The Hall–Kier alpha value is -1.66. The Morgan fingerprint density at radius 1 is 1.55 bits per heavy atom. The molecule has 0 saturated carbocycles. The zero-order valence-electron chi connectivity index (χ0n) is 11.0. The topological polar surface area (TPSA) is 83.7 Å². The summed E-state index contributed by atoms with van der Waals surface area (Å²) in [6.45, 7) is 2.38. The summed E-state index contributed by atoms with van der Waals surface area (Å²) in [6.07, 6.45) is 1.31.